The molecule has 5 nitrogen and oxygen atoms in total. The van der Waals surface area contributed by atoms with Crippen LogP contribution in [0.25, 0.3) is 6.08 Å². The van der Waals surface area contributed by atoms with Crippen LogP contribution >= 0.6 is 47.2 Å². The van der Waals surface area contributed by atoms with E-state index in [1.807, 2.05) is 24.3 Å². The van der Waals surface area contributed by atoms with Crippen molar-refractivity contribution in [1.29, 1.82) is 0 Å². The molecule has 9 heteroatoms. The first-order chi connectivity index (χ1) is 14.9. The van der Waals surface area contributed by atoms with E-state index >= 15 is 0 Å². The molecule has 1 amide bonds. The molecule has 1 aliphatic heterocycles. The minimum atomic E-state index is -0.198. The summed E-state index contributed by atoms with van der Waals surface area (Å²) in [5, 5.41) is 0.757. The zero-order valence-corrected chi connectivity index (χ0v) is 19.7. The van der Waals surface area contributed by atoms with Crippen LogP contribution in [-0.2, 0) is 4.79 Å². The summed E-state index contributed by atoms with van der Waals surface area (Å²) in [5.74, 6) is 1.45. The highest BCUT2D eigenvalue weighted by atomic mass is 35.5. The molecule has 3 rings (SSSR count). The molecule has 0 N–H and O–H groups in total. The molecular weight excluding hydrogens is 477 g/mol. The van der Waals surface area contributed by atoms with Gasteiger partial charge in [0.05, 0.1) is 17.0 Å². The lowest BCUT2D eigenvalue weighted by Crippen LogP contribution is -2.27. The zero-order valence-electron chi connectivity index (χ0n) is 16.6. The Bertz CT molecular complexity index is 1040. The van der Waals surface area contributed by atoms with E-state index in [0.717, 1.165) is 0 Å². The maximum absolute atomic E-state index is 12.6. The molecule has 0 aliphatic carbocycles. The second-order valence-electron chi connectivity index (χ2n) is 6.23. The number of carbonyl (C=O) groups excluding carboxylic acids is 1. The average Bonchev–Trinajstić information content (AvgIpc) is 3.00. The van der Waals surface area contributed by atoms with Crippen LogP contribution in [0, 0.1) is 0 Å². The van der Waals surface area contributed by atoms with Crippen molar-refractivity contribution in [2.75, 3.05) is 26.9 Å². The van der Waals surface area contributed by atoms with E-state index < -0.39 is 0 Å². The Labute approximate surface area is 200 Å². The van der Waals surface area contributed by atoms with Gasteiger partial charge in [-0.3, -0.25) is 9.69 Å². The number of halogens is 2. The van der Waals surface area contributed by atoms with Crippen LogP contribution in [0.4, 0.5) is 0 Å². The Morgan fingerprint density at radius 2 is 1.87 bits per heavy atom. The molecular formula is C22H19Cl2NO4S2. The third kappa shape index (κ3) is 5.74. The summed E-state index contributed by atoms with van der Waals surface area (Å²) in [4.78, 5) is 14.6. The van der Waals surface area contributed by atoms with Crippen molar-refractivity contribution >= 4 is 63.5 Å². The van der Waals surface area contributed by atoms with Crippen LogP contribution in [0.2, 0.25) is 10.0 Å². The molecule has 0 radical (unpaired) electrons. The van der Waals surface area contributed by atoms with Crippen LogP contribution in [0.3, 0.4) is 0 Å². The summed E-state index contributed by atoms with van der Waals surface area (Å²) < 4.78 is 17.3. The van der Waals surface area contributed by atoms with Crippen LogP contribution in [0.15, 0.2) is 54.0 Å². The zero-order chi connectivity index (χ0) is 22.4. The number of ether oxygens (including phenoxy) is 3. The molecule has 0 atom stereocenters. The normalized spacial score (nSPS) is 14.8. The first kappa shape index (κ1) is 23.5. The van der Waals surface area contributed by atoms with Gasteiger partial charge in [0, 0.05) is 17.1 Å². The van der Waals surface area contributed by atoms with E-state index in [1.54, 1.807) is 31.4 Å². The first-order valence-electron chi connectivity index (χ1n) is 9.18. The molecule has 0 bridgehead atoms. The van der Waals surface area contributed by atoms with E-state index in [1.165, 1.54) is 16.7 Å². The molecule has 1 fully saturated rings. The molecule has 31 heavy (non-hydrogen) atoms. The molecule has 2 aromatic rings. The van der Waals surface area contributed by atoms with Gasteiger partial charge >= 0.3 is 0 Å². The predicted molar refractivity (Wildman–Crippen MR) is 131 cm³/mol. The highest BCUT2D eigenvalue weighted by molar-refractivity contribution is 8.26. The van der Waals surface area contributed by atoms with Gasteiger partial charge in [0.15, 0.2) is 11.5 Å². The topological polar surface area (TPSA) is 48.0 Å². The number of amides is 1. The molecule has 1 aliphatic rings. The Morgan fingerprint density at radius 3 is 2.58 bits per heavy atom. The lowest BCUT2D eigenvalue weighted by molar-refractivity contribution is -0.121. The third-order valence-electron chi connectivity index (χ3n) is 4.17. The predicted octanol–water partition coefficient (Wildman–Crippen LogP) is 5.85. The number of thiocarbonyl (C=S) groups is 1. The van der Waals surface area contributed by atoms with Gasteiger partial charge in [0.2, 0.25) is 0 Å². The summed E-state index contributed by atoms with van der Waals surface area (Å²) in [6, 6.07) is 10.6. The van der Waals surface area contributed by atoms with Gasteiger partial charge in [-0.05, 0) is 30.3 Å². The van der Waals surface area contributed by atoms with Crippen molar-refractivity contribution in [1.82, 2.24) is 4.90 Å². The maximum atomic E-state index is 12.6. The molecule has 2 aromatic carbocycles. The lowest BCUT2D eigenvalue weighted by atomic mass is 10.1. The van der Waals surface area contributed by atoms with Gasteiger partial charge in [0.1, 0.15) is 23.3 Å². The summed E-state index contributed by atoms with van der Waals surface area (Å²) in [5.41, 5.74) is 0.578. The molecule has 0 spiro atoms. The number of hydrogen-bond donors (Lipinski definition) is 0. The molecule has 1 heterocycles. The second-order valence-corrected chi connectivity index (χ2v) is 8.75. The van der Waals surface area contributed by atoms with Crippen molar-refractivity contribution < 1.29 is 19.0 Å². The molecule has 1 saturated heterocycles. The van der Waals surface area contributed by atoms with Crippen molar-refractivity contribution in [2.45, 2.75) is 0 Å². The first-order valence-corrected chi connectivity index (χ1v) is 11.2. The van der Waals surface area contributed by atoms with E-state index in [2.05, 4.69) is 6.58 Å². The van der Waals surface area contributed by atoms with Gasteiger partial charge in [0.25, 0.3) is 5.91 Å². The smallest absolute Gasteiger partial charge is 0.266 e. The fourth-order valence-electron chi connectivity index (χ4n) is 2.80. The highest BCUT2D eigenvalue weighted by Gasteiger charge is 2.31. The van der Waals surface area contributed by atoms with E-state index in [9.17, 15) is 4.79 Å². The van der Waals surface area contributed by atoms with Crippen molar-refractivity contribution in [3.05, 3.63) is 69.6 Å². The monoisotopic (exact) mass is 495 g/mol. The van der Waals surface area contributed by atoms with E-state index in [4.69, 9.17) is 49.6 Å². The van der Waals surface area contributed by atoms with Gasteiger partial charge in [-0.15, -0.1) is 6.58 Å². The summed E-state index contributed by atoms with van der Waals surface area (Å²) >= 11 is 19.0. The number of carbonyl (C=O) groups is 1. The van der Waals surface area contributed by atoms with Crippen LogP contribution in [0.5, 0.6) is 17.2 Å². The molecule has 162 valence electrons. The fraction of sp³-hybridized carbons (Fsp3) is 0.182. The SMILES string of the molecule is C=CCN1C(=O)C(=Cc2cc(Cl)cc(Cl)c2OCCOc2ccccc2OC)SC1=S. The van der Waals surface area contributed by atoms with Crippen LogP contribution < -0.4 is 14.2 Å². The van der Waals surface area contributed by atoms with Crippen molar-refractivity contribution in [3.8, 4) is 17.2 Å². The Kier molecular flexibility index (Phi) is 8.26. The number of benzene rings is 2. The number of para-hydroxylation sites is 2. The Morgan fingerprint density at radius 1 is 1.16 bits per heavy atom. The van der Waals surface area contributed by atoms with Crippen molar-refractivity contribution in [2.24, 2.45) is 0 Å². The van der Waals surface area contributed by atoms with Crippen LogP contribution in [-0.4, -0.2) is 42.0 Å². The number of rotatable bonds is 9. The van der Waals surface area contributed by atoms with Gasteiger partial charge in [-0.25, -0.2) is 0 Å². The standard InChI is InChI=1S/C22H19Cl2NO4S2/c1-3-8-25-21(26)19(31-22(25)30)12-14-11-15(23)13-16(24)20(14)29-10-9-28-18-7-5-4-6-17(18)27-2/h3-7,11-13H,1,8-10H2,2H3. The number of methoxy groups -OCH3 is 1. The van der Waals surface area contributed by atoms with Gasteiger partial charge in [-0.2, -0.15) is 0 Å². The van der Waals surface area contributed by atoms with Gasteiger partial charge in [-0.1, -0.05) is 65.4 Å². The molecule has 0 aromatic heterocycles. The fourth-order valence-corrected chi connectivity index (χ4v) is 4.63. The molecule has 0 saturated carbocycles. The largest absolute Gasteiger partial charge is 0.493 e. The highest BCUT2D eigenvalue weighted by Crippen LogP contribution is 2.38. The third-order valence-corrected chi connectivity index (χ3v) is 6.04. The van der Waals surface area contributed by atoms with Crippen LogP contribution in [0.1, 0.15) is 5.56 Å². The summed E-state index contributed by atoms with van der Waals surface area (Å²) in [6.07, 6.45) is 3.30. The Balaban J connectivity index is 1.75. The minimum Gasteiger partial charge on any atom is -0.493 e. The number of nitrogens with zero attached hydrogens (tertiary/aromatic N) is 1. The van der Waals surface area contributed by atoms with Crippen molar-refractivity contribution in [3.63, 3.8) is 0 Å². The maximum Gasteiger partial charge on any atom is 0.266 e. The molecule has 0 unspecified atom stereocenters. The minimum absolute atomic E-state index is 0.198. The lowest BCUT2D eigenvalue weighted by Gasteiger charge is -2.14. The summed E-state index contributed by atoms with van der Waals surface area (Å²) in [7, 11) is 1.58. The van der Waals surface area contributed by atoms with Gasteiger partial charge < -0.3 is 14.2 Å². The number of thioether (sulfide) groups is 1. The van der Waals surface area contributed by atoms with E-state index in [0.29, 0.717) is 48.6 Å². The Hall–Kier alpha value is -2.19. The van der Waals surface area contributed by atoms with E-state index in [-0.39, 0.29) is 19.1 Å². The number of hydrogen-bond acceptors (Lipinski definition) is 6. The second kappa shape index (κ2) is 10.9. The quantitative estimate of drug-likeness (QED) is 0.188. The summed E-state index contributed by atoms with van der Waals surface area (Å²) in [6.45, 7) is 4.49. The average molecular weight is 496 g/mol.